The van der Waals surface area contributed by atoms with Crippen LogP contribution in [-0.2, 0) is 21.9 Å². The van der Waals surface area contributed by atoms with Gasteiger partial charge in [-0.2, -0.15) is 0 Å². The minimum Gasteiger partial charge on any atom is -0.507 e. The molecule has 1 fully saturated rings. The number of amides is 1. The van der Waals surface area contributed by atoms with E-state index in [1.807, 2.05) is 67.6 Å². The number of thioether (sulfide) groups is 1. The summed E-state index contributed by atoms with van der Waals surface area (Å²) in [5, 5.41) is 20.4. The summed E-state index contributed by atoms with van der Waals surface area (Å²) in [6.07, 6.45) is 0. The molecule has 1 atom stereocenters. The lowest BCUT2D eigenvalue weighted by Crippen LogP contribution is -2.29. The third-order valence-electron chi connectivity index (χ3n) is 7.44. The topological polar surface area (TPSA) is 111 Å². The van der Waals surface area contributed by atoms with Crippen molar-refractivity contribution < 1.29 is 28.9 Å². The third kappa shape index (κ3) is 7.01. The van der Waals surface area contributed by atoms with E-state index in [9.17, 15) is 14.7 Å². The number of ether oxygens (including phenoxy) is 3. The molecule has 0 radical (unpaired) electrons. The Balaban J connectivity index is 1.40. The van der Waals surface area contributed by atoms with Crippen molar-refractivity contribution in [3.8, 4) is 17.2 Å². The smallest absolute Gasteiger partial charge is 0.301 e. The third-order valence-corrected chi connectivity index (χ3v) is 9.56. The second-order valence-electron chi connectivity index (χ2n) is 10.4. The summed E-state index contributed by atoms with van der Waals surface area (Å²) in [6.45, 7) is 2.54. The summed E-state index contributed by atoms with van der Waals surface area (Å²) in [5.74, 6) is 0.221. The van der Waals surface area contributed by atoms with Gasteiger partial charge in [0.15, 0.2) is 15.8 Å². The maximum atomic E-state index is 13.7. The molecule has 2 heterocycles. The maximum absolute atomic E-state index is 13.7. The molecule has 0 spiro atoms. The van der Waals surface area contributed by atoms with Crippen LogP contribution in [0.15, 0.2) is 113 Å². The van der Waals surface area contributed by atoms with Crippen molar-refractivity contribution in [2.24, 2.45) is 0 Å². The van der Waals surface area contributed by atoms with Gasteiger partial charge in [-0.25, -0.2) is 0 Å². The van der Waals surface area contributed by atoms with Crippen molar-refractivity contribution in [3.63, 3.8) is 0 Å². The van der Waals surface area contributed by atoms with E-state index in [1.54, 1.807) is 42.5 Å². The van der Waals surface area contributed by atoms with Crippen molar-refractivity contribution in [2.45, 2.75) is 29.7 Å². The molecular weight excluding hydrogens is 635 g/mol. The van der Waals surface area contributed by atoms with Crippen LogP contribution in [0.4, 0.5) is 5.13 Å². The van der Waals surface area contributed by atoms with Crippen molar-refractivity contribution in [1.82, 2.24) is 10.2 Å². The van der Waals surface area contributed by atoms with E-state index < -0.39 is 17.7 Å². The average molecular weight is 666 g/mol. The molecule has 1 saturated heterocycles. The lowest BCUT2D eigenvalue weighted by atomic mass is 9.95. The molecular formula is C36H31N3O6S2. The van der Waals surface area contributed by atoms with Gasteiger partial charge in [0, 0.05) is 11.3 Å². The van der Waals surface area contributed by atoms with E-state index in [0.29, 0.717) is 51.7 Å². The number of nitrogens with zero attached hydrogens (tertiary/aromatic N) is 3. The van der Waals surface area contributed by atoms with Crippen molar-refractivity contribution >= 4 is 45.7 Å². The predicted octanol–water partition coefficient (Wildman–Crippen LogP) is 7.44. The molecule has 11 heteroatoms. The van der Waals surface area contributed by atoms with Crippen LogP contribution in [0.1, 0.15) is 35.2 Å². The van der Waals surface area contributed by atoms with Gasteiger partial charge in [0.25, 0.3) is 5.78 Å². The number of carbonyl (C=O) groups excluding carboxylic acids is 2. The monoisotopic (exact) mass is 665 g/mol. The molecule has 6 rings (SSSR count). The van der Waals surface area contributed by atoms with E-state index in [4.69, 9.17) is 14.2 Å². The standard InChI is InChI=1S/C36H31N3O6S2/c1-3-44-29-20-26(16-19-28(29)45-21-23-10-6-4-7-11-23)31-30(32(40)25-14-17-27(43-2)18-15-25)33(41)34(42)39(31)35-37-38-36(47-35)46-22-24-12-8-5-9-13-24/h4-20,31,40H,3,21-22H2,1-2H3. The maximum Gasteiger partial charge on any atom is 0.301 e. The van der Waals surface area contributed by atoms with Gasteiger partial charge in [-0.3, -0.25) is 14.5 Å². The van der Waals surface area contributed by atoms with Gasteiger partial charge in [-0.1, -0.05) is 89.8 Å². The highest BCUT2D eigenvalue weighted by molar-refractivity contribution is 8.00. The first-order valence-corrected chi connectivity index (χ1v) is 16.7. The number of rotatable bonds is 12. The molecule has 1 amide bonds. The first-order valence-electron chi connectivity index (χ1n) is 14.9. The Morgan fingerprint density at radius 3 is 2.26 bits per heavy atom. The van der Waals surface area contributed by atoms with E-state index in [2.05, 4.69) is 10.2 Å². The Bertz CT molecular complexity index is 1900. The molecule has 1 aliphatic heterocycles. The first-order chi connectivity index (χ1) is 23.0. The Labute approximate surface area is 280 Å². The molecule has 4 aromatic carbocycles. The second kappa shape index (κ2) is 14.5. The number of ketones is 1. The van der Waals surface area contributed by atoms with Crippen LogP contribution < -0.4 is 19.1 Å². The summed E-state index contributed by atoms with van der Waals surface area (Å²) < 4.78 is 18.0. The van der Waals surface area contributed by atoms with Crippen molar-refractivity contribution in [3.05, 3.63) is 131 Å². The van der Waals surface area contributed by atoms with Gasteiger partial charge in [0.05, 0.1) is 25.3 Å². The number of aromatic nitrogens is 2. The number of hydrogen-bond acceptors (Lipinski definition) is 10. The normalized spacial score (nSPS) is 15.5. The quantitative estimate of drug-likeness (QED) is 0.0478. The summed E-state index contributed by atoms with van der Waals surface area (Å²) in [7, 11) is 1.54. The van der Waals surface area contributed by atoms with Gasteiger partial charge in [0.2, 0.25) is 5.13 Å². The van der Waals surface area contributed by atoms with Crippen LogP contribution in [0.25, 0.3) is 5.76 Å². The molecule has 5 aromatic rings. The van der Waals surface area contributed by atoms with Gasteiger partial charge < -0.3 is 19.3 Å². The molecule has 1 unspecified atom stereocenters. The molecule has 238 valence electrons. The molecule has 0 bridgehead atoms. The zero-order valence-corrected chi connectivity index (χ0v) is 27.3. The minimum absolute atomic E-state index is 0.0748. The lowest BCUT2D eigenvalue weighted by Gasteiger charge is -2.23. The fourth-order valence-corrected chi connectivity index (χ4v) is 6.97. The summed E-state index contributed by atoms with van der Waals surface area (Å²) in [5.41, 5.74) is 2.92. The SMILES string of the molecule is CCOc1cc(C2C(=C(O)c3ccc(OC)cc3)C(=O)C(=O)N2c2nnc(SCc3ccccc3)s2)ccc1OCc1ccccc1. The van der Waals surface area contributed by atoms with Gasteiger partial charge in [0.1, 0.15) is 18.1 Å². The van der Waals surface area contributed by atoms with E-state index in [0.717, 1.165) is 11.1 Å². The number of methoxy groups -OCH3 is 1. The Morgan fingerprint density at radius 1 is 0.872 bits per heavy atom. The van der Waals surface area contributed by atoms with Crippen LogP contribution in [0, 0.1) is 0 Å². The van der Waals surface area contributed by atoms with Crippen LogP contribution in [0.3, 0.4) is 0 Å². The number of aliphatic hydroxyl groups excluding tert-OH is 1. The molecule has 1 N–H and O–H groups in total. The molecule has 1 aliphatic rings. The Kier molecular flexibility index (Phi) is 9.84. The van der Waals surface area contributed by atoms with E-state index in [-0.39, 0.29) is 16.5 Å². The van der Waals surface area contributed by atoms with Crippen LogP contribution in [-0.4, -0.2) is 40.7 Å². The van der Waals surface area contributed by atoms with Gasteiger partial charge in [-0.15, -0.1) is 10.2 Å². The predicted molar refractivity (Wildman–Crippen MR) is 182 cm³/mol. The zero-order chi connectivity index (χ0) is 32.8. The number of aliphatic hydroxyl groups is 1. The highest BCUT2D eigenvalue weighted by Crippen LogP contribution is 2.46. The van der Waals surface area contributed by atoms with Crippen molar-refractivity contribution in [2.75, 3.05) is 18.6 Å². The zero-order valence-electron chi connectivity index (χ0n) is 25.7. The number of carbonyl (C=O) groups is 2. The molecule has 47 heavy (non-hydrogen) atoms. The average Bonchev–Trinajstić information content (AvgIpc) is 3.69. The number of benzene rings is 4. The highest BCUT2D eigenvalue weighted by Gasteiger charge is 2.48. The van der Waals surface area contributed by atoms with Gasteiger partial charge in [-0.05, 0) is 60.0 Å². The highest BCUT2D eigenvalue weighted by atomic mass is 32.2. The van der Waals surface area contributed by atoms with Crippen LogP contribution in [0.5, 0.6) is 17.2 Å². The Hall–Kier alpha value is -5.13. The molecule has 9 nitrogen and oxygen atoms in total. The fraction of sp³-hybridized carbons (Fsp3) is 0.167. The molecule has 0 saturated carbocycles. The number of hydrogen-bond donors (Lipinski definition) is 1. The Morgan fingerprint density at radius 2 is 1.57 bits per heavy atom. The van der Waals surface area contributed by atoms with E-state index >= 15 is 0 Å². The summed E-state index contributed by atoms with van der Waals surface area (Å²) >= 11 is 2.69. The lowest BCUT2D eigenvalue weighted by molar-refractivity contribution is -0.132. The number of anilines is 1. The minimum atomic E-state index is -1.01. The van der Waals surface area contributed by atoms with E-state index in [1.165, 1.54) is 35.1 Å². The van der Waals surface area contributed by atoms with Crippen LogP contribution in [0.2, 0.25) is 0 Å². The van der Waals surface area contributed by atoms with Crippen LogP contribution >= 0.6 is 23.1 Å². The first kappa shape index (κ1) is 31.8. The fourth-order valence-electron chi connectivity index (χ4n) is 5.14. The largest absolute Gasteiger partial charge is 0.507 e. The summed E-state index contributed by atoms with van der Waals surface area (Å²) in [6, 6.07) is 30.6. The van der Waals surface area contributed by atoms with Crippen molar-refractivity contribution in [1.29, 1.82) is 0 Å². The molecule has 1 aromatic heterocycles. The number of Topliss-reactive ketones (excluding diaryl/α,β-unsaturated/α-hetero) is 1. The molecule has 0 aliphatic carbocycles. The second-order valence-corrected chi connectivity index (χ2v) is 12.6. The summed E-state index contributed by atoms with van der Waals surface area (Å²) in [4.78, 5) is 28.8. The van der Waals surface area contributed by atoms with Gasteiger partial charge >= 0.3 is 5.91 Å².